The summed E-state index contributed by atoms with van der Waals surface area (Å²) < 4.78 is 43.6. The average Bonchev–Trinajstić information content (AvgIpc) is 3.34. The smallest absolute Gasteiger partial charge is 0.468 e. The Morgan fingerprint density at radius 3 is 2.58 bits per heavy atom. The Labute approximate surface area is 149 Å². The average molecular weight is 373 g/mol. The van der Waals surface area contributed by atoms with Gasteiger partial charge in [-0.3, -0.25) is 14.5 Å². The Hall–Kier alpha value is -2.03. The minimum atomic E-state index is -4.96. The maximum absolute atomic E-state index is 12.7. The highest BCUT2D eigenvalue weighted by molar-refractivity contribution is 5.90. The van der Waals surface area contributed by atoms with E-state index in [-0.39, 0.29) is 25.6 Å². The molecule has 2 saturated heterocycles. The fraction of sp³-hybridized carbons (Fsp3) is 0.647. The highest BCUT2D eigenvalue weighted by Gasteiger charge is 2.47. The second-order valence-electron chi connectivity index (χ2n) is 6.67. The van der Waals surface area contributed by atoms with Crippen LogP contribution in [0.15, 0.2) is 22.8 Å². The maximum atomic E-state index is 12.7. The van der Waals surface area contributed by atoms with E-state index in [9.17, 15) is 22.8 Å². The van der Waals surface area contributed by atoms with Gasteiger partial charge in [0.25, 0.3) is 0 Å². The third kappa shape index (κ3) is 4.03. The molecule has 0 radical (unpaired) electrons. The Morgan fingerprint density at radius 2 is 1.96 bits per heavy atom. The molecule has 2 amide bonds. The molecule has 6 nitrogen and oxygen atoms in total. The van der Waals surface area contributed by atoms with Crippen molar-refractivity contribution in [3.05, 3.63) is 24.2 Å². The van der Waals surface area contributed by atoms with E-state index in [1.807, 2.05) is 6.07 Å². The SMILES string of the molecule is O=C(NCC(c1ccco1)N1CCCC1)C1CCCN1C(=O)C(F)(F)F. The zero-order chi connectivity index (χ0) is 18.7. The van der Waals surface area contributed by atoms with Crippen LogP contribution in [0, 0.1) is 0 Å². The van der Waals surface area contributed by atoms with Gasteiger partial charge in [0.05, 0.1) is 12.3 Å². The first-order valence-corrected chi connectivity index (χ1v) is 8.81. The van der Waals surface area contributed by atoms with Crippen molar-refractivity contribution in [1.82, 2.24) is 15.1 Å². The van der Waals surface area contributed by atoms with Crippen molar-refractivity contribution in [3.63, 3.8) is 0 Å². The van der Waals surface area contributed by atoms with Crippen molar-refractivity contribution < 1.29 is 27.2 Å². The molecule has 2 unspecified atom stereocenters. The molecule has 1 aromatic heterocycles. The van der Waals surface area contributed by atoms with Gasteiger partial charge in [-0.2, -0.15) is 13.2 Å². The van der Waals surface area contributed by atoms with Crippen LogP contribution in [0.1, 0.15) is 37.5 Å². The van der Waals surface area contributed by atoms with E-state index < -0.39 is 24.0 Å². The van der Waals surface area contributed by atoms with Crippen LogP contribution in [0.25, 0.3) is 0 Å². The number of amides is 2. The number of carbonyl (C=O) groups excluding carboxylic acids is 2. The minimum absolute atomic E-state index is 0.0514. The Morgan fingerprint density at radius 1 is 1.23 bits per heavy atom. The number of halogens is 3. The van der Waals surface area contributed by atoms with Crippen LogP contribution in [0.5, 0.6) is 0 Å². The second-order valence-corrected chi connectivity index (χ2v) is 6.67. The summed E-state index contributed by atoms with van der Waals surface area (Å²) in [4.78, 5) is 26.8. The first-order valence-electron chi connectivity index (χ1n) is 8.81. The normalized spacial score (nSPS) is 22.6. The highest BCUT2D eigenvalue weighted by atomic mass is 19.4. The van der Waals surface area contributed by atoms with Crippen LogP contribution in [-0.2, 0) is 9.59 Å². The maximum Gasteiger partial charge on any atom is 0.471 e. The summed E-state index contributed by atoms with van der Waals surface area (Å²) in [6.45, 7) is 1.94. The van der Waals surface area contributed by atoms with Gasteiger partial charge in [0.15, 0.2) is 0 Å². The fourth-order valence-corrected chi connectivity index (χ4v) is 3.70. The van der Waals surface area contributed by atoms with Crippen LogP contribution in [0.3, 0.4) is 0 Å². The van der Waals surface area contributed by atoms with Crippen LogP contribution in [-0.4, -0.2) is 60.0 Å². The van der Waals surface area contributed by atoms with Crippen LogP contribution >= 0.6 is 0 Å². The number of hydrogen-bond acceptors (Lipinski definition) is 4. The number of rotatable bonds is 5. The third-order valence-corrected chi connectivity index (χ3v) is 4.98. The number of hydrogen-bond donors (Lipinski definition) is 1. The minimum Gasteiger partial charge on any atom is -0.468 e. The van der Waals surface area contributed by atoms with Gasteiger partial charge >= 0.3 is 12.1 Å². The van der Waals surface area contributed by atoms with E-state index >= 15 is 0 Å². The molecular weight excluding hydrogens is 351 g/mol. The van der Waals surface area contributed by atoms with Crippen molar-refractivity contribution in [3.8, 4) is 0 Å². The molecule has 0 aromatic carbocycles. The number of likely N-dealkylation sites (tertiary alicyclic amines) is 2. The second kappa shape index (κ2) is 7.69. The van der Waals surface area contributed by atoms with Gasteiger partial charge < -0.3 is 14.6 Å². The number of nitrogens with zero attached hydrogens (tertiary/aromatic N) is 2. The lowest BCUT2D eigenvalue weighted by atomic mass is 10.1. The Bertz CT molecular complexity index is 627. The lowest BCUT2D eigenvalue weighted by Crippen LogP contribution is -2.51. The topological polar surface area (TPSA) is 65.8 Å². The summed E-state index contributed by atoms with van der Waals surface area (Å²) in [6.07, 6.45) is -0.671. The lowest BCUT2D eigenvalue weighted by Gasteiger charge is -2.28. The van der Waals surface area contributed by atoms with Gasteiger partial charge in [-0.1, -0.05) is 0 Å². The Balaban J connectivity index is 1.63. The van der Waals surface area contributed by atoms with E-state index in [4.69, 9.17) is 4.42 Å². The predicted molar refractivity (Wildman–Crippen MR) is 86.1 cm³/mol. The summed E-state index contributed by atoms with van der Waals surface area (Å²) in [5.74, 6) is -1.78. The lowest BCUT2D eigenvalue weighted by molar-refractivity contribution is -0.186. The molecule has 0 saturated carbocycles. The molecule has 26 heavy (non-hydrogen) atoms. The standard InChI is InChI=1S/C17H22F3N3O3/c18-17(19,20)16(25)23-9-3-5-12(23)15(24)21-11-13(14-6-4-10-26-14)22-7-1-2-8-22/h4,6,10,12-13H,1-3,5,7-9,11H2,(H,21,24). The number of carbonyl (C=O) groups is 2. The Kier molecular flexibility index (Phi) is 5.55. The molecule has 0 aliphatic carbocycles. The van der Waals surface area contributed by atoms with Gasteiger partial charge in [0.2, 0.25) is 5.91 Å². The molecule has 1 aromatic rings. The molecule has 0 spiro atoms. The number of furan rings is 1. The van der Waals surface area contributed by atoms with Crippen LogP contribution in [0.4, 0.5) is 13.2 Å². The molecule has 144 valence electrons. The van der Waals surface area contributed by atoms with E-state index in [0.29, 0.717) is 17.1 Å². The third-order valence-electron chi connectivity index (χ3n) is 4.98. The van der Waals surface area contributed by atoms with Crippen LogP contribution < -0.4 is 5.32 Å². The van der Waals surface area contributed by atoms with E-state index in [1.54, 1.807) is 12.3 Å². The molecule has 9 heteroatoms. The monoisotopic (exact) mass is 373 g/mol. The van der Waals surface area contributed by atoms with E-state index in [2.05, 4.69) is 10.2 Å². The summed E-state index contributed by atoms with van der Waals surface area (Å²) in [5, 5.41) is 2.72. The van der Waals surface area contributed by atoms with Crippen molar-refractivity contribution in [2.45, 2.75) is 43.9 Å². The van der Waals surface area contributed by atoms with Gasteiger partial charge in [-0.15, -0.1) is 0 Å². The molecule has 2 aliphatic rings. The van der Waals surface area contributed by atoms with Gasteiger partial charge in [0.1, 0.15) is 11.8 Å². The quantitative estimate of drug-likeness (QED) is 0.858. The molecule has 0 bridgehead atoms. The molecule has 2 fully saturated rings. The predicted octanol–water partition coefficient (Wildman–Crippen LogP) is 2.09. The van der Waals surface area contributed by atoms with Crippen molar-refractivity contribution in [1.29, 1.82) is 0 Å². The molecule has 2 atom stereocenters. The summed E-state index contributed by atoms with van der Waals surface area (Å²) >= 11 is 0. The summed E-state index contributed by atoms with van der Waals surface area (Å²) in [5.41, 5.74) is 0. The molecular formula is C17H22F3N3O3. The first kappa shape index (κ1) is 18.8. The zero-order valence-corrected chi connectivity index (χ0v) is 14.3. The van der Waals surface area contributed by atoms with Gasteiger partial charge in [-0.25, -0.2) is 0 Å². The molecule has 3 rings (SSSR count). The summed E-state index contributed by atoms with van der Waals surface area (Å²) in [6, 6.07) is 2.36. The number of alkyl halides is 3. The molecule has 2 aliphatic heterocycles. The van der Waals surface area contributed by atoms with Crippen molar-refractivity contribution in [2.24, 2.45) is 0 Å². The zero-order valence-electron chi connectivity index (χ0n) is 14.3. The van der Waals surface area contributed by atoms with Crippen molar-refractivity contribution in [2.75, 3.05) is 26.2 Å². The van der Waals surface area contributed by atoms with Gasteiger partial charge in [-0.05, 0) is 50.9 Å². The highest BCUT2D eigenvalue weighted by Crippen LogP contribution is 2.27. The van der Waals surface area contributed by atoms with E-state index in [0.717, 1.165) is 25.9 Å². The molecule has 1 N–H and O–H groups in total. The first-order chi connectivity index (χ1) is 12.4. The largest absolute Gasteiger partial charge is 0.471 e. The summed E-state index contributed by atoms with van der Waals surface area (Å²) in [7, 11) is 0. The van der Waals surface area contributed by atoms with Crippen LogP contribution in [0.2, 0.25) is 0 Å². The fourth-order valence-electron chi connectivity index (χ4n) is 3.70. The molecule has 3 heterocycles. The van der Waals surface area contributed by atoms with Gasteiger partial charge in [0, 0.05) is 13.1 Å². The van der Waals surface area contributed by atoms with Crippen molar-refractivity contribution >= 4 is 11.8 Å². The number of nitrogens with one attached hydrogen (secondary N) is 1. The van der Waals surface area contributed by atoms with E-state index in [1.165, 1.54) is 0 Å².